The quantitative estimate of drug-likeness (QED) is 0.768. The summed E-state index contributed by atoms with van der Waals surface area (Å²) in [5.74, 6) is -0.257. The molecule has 0 radical (unpaired) electrons. The molecule has 17 heavy (non-hydrogen) atoms. The molecule has 0 spiro atoms. The molecule has 3 nitrogen and oxygen atoms in total. The lowest BCUT2D eigenvalue weighted by Crippen LogP contribution is -2.41. The summed E-state index contributed by atoms with van der Waals surface area (Å²) in [5.41, 5.74) is 6.62. The number of aliphatic hydroxyl groups is 1. The minimum Gasteiger partial charge on any atom is -0.399 e. The number of rotatable bonds is 5. The van der Waals surface area contributed by atoms with Crippen LogP contribution in [0.1, 0.15) is 24.8 Å². The van der Waals surface area contributed by atoms with Crippen molar-refractivity contribution in [2.24, 2.45) is 0 Å². The van der Waals surface area contributed by atoms with Gasteiger partial charge < -0.3 is 10.8 Å². The first kappa shape index (κ1) is 12.3. The second-order valence-electron chi connectivity index (χ2n) is 4.63. The van der Waals surface area contributed by atoms with Crippen molar-refractivity contribution >= 4 is 5.69 Å². The average Bonchev–Trinajstić information content (AvgIpc) is 2.20. The van der Waals surface area contributed by atoms with Crippen LogP contribution in [0.5, 0.6) is 0 Å². The van der Waals surface area contributed by atoms with Gasteiger partial charge in [0.05, 0.1) is 6.61 Å². The Morgan fingerprint density at radius 1 is 1.41 bits per heavy atom. The molecule has 0 aliphatic heterocycles. The number of halogens is 1. The SMILES string of the molecule is Nc1ccc(CN(CCO)C2CCC2)c(F)c1. The predicted molar refractivity (Wildman–Crippen MR) is 65.9 cm³/mol. The van der Waals surface area contributed by atoms with Crippen molar-refractivity contribution in [3.63, 3.8) is 0 Å². The van der Waals surface area contributed by atoms with Crippen LogP contribution in [0.15, 0.2) is 18.2 Å². The summed E-state index contributed by atoms with van der Waals surface area (Å²) in [6.45, 7) is 1.28. The molecule has 1 fully saturated rings. The molecule has 0 bridgehead atoms. The van der Waals surface area contributed by atoms with Gasteiger partial charge in [-0.05, 0) is 25.0 Å². The van der Waals surface area contributed by atoms with E-state index in [4.69, 9.17) is 10.8 Å². The molecule has 1 aliphatic carbocycles. The molecule has 2 rings (SSSR count). The molecule has 1 aromatic carbocycles. The van der Waals surface area contributed by atoms with Gasteiger partial charge in [-0.3, -0.25) is 4.90 Å². The van der Waals surface area contributed by atoms with Gasteiger partial charge in [-0.15, -0.1) is 0 Å². The Bertz CT molecular complexity index is 380. The maximum Gasteiger partial charge on any atom is 0.129 e. The molecular weight excluding hydrogens is 219 g/mol. The van der Waals surface area contributed by atoms with Gasteiger partial charge in [-0.25, -0.2) is 4.39 Å². The van der Waals surface area contributed by atoms with E-state index in [1.165, 1.54) is 12.5 Å². The zero-order valence-electron chi connectivity index (χ0n) is 9.90. The Morgan fingerprint density at radius 3 is 2.71 bits per heavy atom. The third-order valence-electron chi connectivity index (χ3n) is 3.43. The summed E-state index contributed by atoms with van der Waals surface area (Å²) in [6.07, 6.45) is 3.53. The van der Waals surface area contributed by atoms with E-state index in [-0.39, 0.29) is 12.4 Å². The number of benzene rings is 1. The summed E-state index contributed by atoms with van der Waals surface area (Å²) in [7, 11) is 0. The van der Waals surface area contributed by atoms with Gasteiger partial charge in [0, 0.05) is 30.4 Å². The van der Waals surface area contributed by atoms with Crippen LogP contribution in [0.2, 0.25) is 0 Å². The molecular formula is C13H19FN2O. The monoisotopic (exact) mass is 238 g/mol. The molecule has 1 aliphatic rings. The molecule has 0 aromatic heterocycles. The summed E-state index contributed by atoms with van der Waals surface area (Å²) >= 11 is 0. The summed E-state index contributed by atoms with van der Waals surface area (Å²) < 4.78 is 13.7. The number of hydrogen-bond donors (Lipinski definition) is 2. The lowest BCUT2D eigenvalue weighted by atomic mass is 9.91. The molecule has 4 heteroatoms. The van der Waals surface area contributed by atoms with Gasteiger partial charge in [0.15, 0.2) is 0 Å². The van der Waals surface area contributed by atoms with E-state index in [0.29, 0.717) is 30.4 Å². The molecule has 0 atom stereocenters. The second-order valence-corrected chi connectivity index (χ2v) is 4.63. The molecule has 1 aromatic rings. The van der Waals surface area contributed by atoms with E-state index in [9.17, 15) is 4.39 Å². The Labute approximate surface area is 101 Å². The fraction of sp³-hybridized carbons (Fsp3) is 0.538. The predicted octanol–water partition coefficient (Wildman–Crippen LogP) is 1.75. The Balaban J connectivity index is 2.05. The van der Waals surface area contributed by atoms with Crippen LogP contribution in [0.4, 0.5) is 10.1 Å². The van der Waals surface area contributed by atoms with E-state index in [2.05, 4.69) is 4.90 Å². The topological polar surface area (TPSA) is 49.5 Å². The fourth-order valence-corrected chi connectivity index (χ4v) is 2.18. The van der Waals surface area contributed by atoms with Crippen molar-refractivity contribution in [2.75, 3.05) is 18.9 Å². The number of nitrogen functional groups attached to an aromatic ring is 1. The zero-order chi connectivity index (χ0) is 12.3. The third kappa shape index (κ3) is 2.96. The summed E-state index contributed by atoms with van der Waals surface area (Å²) in [4.78, 5) is 2.15. The minimum atomic E-state index is -0.257. The van der Waals surface area contributed by atoms with Crippen LogP contribution >= 0.6 is 0 Å². The Kier molecular flexibility index (Phi) is 3.97. The highest BCUT2D eigenvalue weighted by Crippen LogP contribution is 2.26. The van der Waals surface area contributed by atoms with E-state index < -0.39 is 0 Å². The van der Waals surface area contributed by atoms with E-state index in [1.807, 2.05) is 0 Å². The van der Waals surface area contributed by atoms with Gasteiger partial charge in [-0.1, -0.05) is 12.5 Å². The van der Waals surface area contributed by atoms with Crippen molar-refractivity contribution in [1.29, 1.82) is 0 Å². The first-order valence-electron chi connectivity index (χ1n) is 6.09. The Morgan fingerprint density at radius 2 is 2.18 bits per heavy atom. The van der Waals surface area contributed by atoms with Gasteiger partial charge in [0.25, 0.3) is 0 Å². The van der Waals surface area contributed by atoms with Crippen molar-refractivity contribution in [3.05, 3.63) is 29.6 Å². The first-order valence-corrected chi connectivity index (χ1v) is 6.09. The molecule has 94 valence electrons. The van der Waals surface area contributed by atoms with Crippen molar-refractivity contribution in [2.45, 2.75) is 31.8 Å². The smallest absolute Gasteiger partial charge is 0.129 e. The van der Waals surface area contributed by atoms with Gasteiger partial charge >= 0.3 is 0 Å². The van der Waals surface area contributed by atoms with Gasteiger partial charge in [0.2, 0.25) is 0 Å². The standard InChI is InChI=1S/C13H19FN2O/c14-13-8-11(15)5-4-10(13)9-16(6-7-17)12-2-1-3-12/h4-5,8,12,17H,1-3,6-7,9,15H2. The van der Waals surface area contributed by atoms with Crippen LogP contribution in [0, 0.1) is 5.82 Å². The Hall–Kier alpha value is -1.13. The largest absolute Gasteiger partial charge is 0.399 e. The van der Waals surface area contributed by atoms with Gasteiger partial charge in [0.1, 0.15) is 5.82 Å². The van der Waals surface area contributed by atoms with Crippen molar-refractivity contribution < 1.29 is 9.50 Å². The number of anilines is 1. The van der Waals surface area contributed by atoms with Crippen LogP contribution < -0.4 is 5.73 Å². The maximum atomic E-state index is 13.7. The number of nitrogens with zero attached hydrogens (tertiary/aromatic N) is 1. The lowest BCUT2D eigenvalue weighted by Gasteiger charge is -2.37. The number of nitrogens with two attached hydrogens (primary N) is 1. The second kappa shape index (κ2) is 5.47. The van der Waals surface area contributed by atoms with Crippen molar-refractivity contribution in [1.82, 2.24) is 4.90 Å². The number of aliphatic hydroxyl groups excluding tert-OH is 1. The average molecular weight is 238 g/mol. The highest BCUT2D eigenvalue weighted by atomic mass is 19.1. The van der Waals surface area contributed by atoms with Crippen LogP contribution in [0.3, 0.4) is 0 Å². The summed E-state index contributed by atoms with van der Waals surface area (Å²) in [5, 5.41) is 9.04. The van der Waals surface area contributed by atoms with Crippen LogP contribution in [0.25, 0.3) is 0 Å². The summed E-state index contributed by atoms with van der Waals surface area (Å²) in [6, 6.07) is 5.30. The molecule has 0 amide bonds. The van der Waals surface area contributed by atoms with Crippen LogP contribution in [-0.4, -0.2) is 29.2 Å². The van der Waals surface area contributed by atoms with Crippen LogP contribution in [-0.2, 0) is 6.54 Å². The molecule has 0 saturated heterocycles. The van der Waals surface area contributed by atoms with E-state index in [0.717, 1.165) is 12.8 Å². The molecule has 3 N–H and O–H groups in total. The maximum absolute atomic E-state index is 13.7. The molecule has 0 heterocycles. The highest BCUT2D eigenvalue weighted by Gasteiger charge is 2.25. The lowest BCUT2D eigenvalue weighted by molar-refractivity contribution is 0.0935. The fourth-order valence-electron chi connectivity index (χ4n) is 2.18. The third-order valence-corrected chi connectivity index (χ3v) is 3.43. The first-order chi connectivity index (χ1) is 8.20. The van der Waals surface area contributed by atoms with Gasteiger partial charge in [-0.2, -0.15) is 0 Å². The number of hydrogen-bond acceptors (Lipinski definition) is 3. The van der Waals surface area contributed by atoms with E-state index in [1.54, 1.807) is 12.1 Å². The minimum absolute atomic E-state index is 0.118. The van der Waals surface area contributed by atoms with Crippen molar-refractivity contribution in [3.8, 4) is 0 Å². The zero-order valence-corrected chi connectivity index (χ0v) is 9.90. The van der Waals surface area contributed by atoms with E-state index >= 15 is 0 Å². The molecule has 1 saturated carbocycles. The normalized spacial score (nSPS) is 16.2. The highest BCUT2D eigenvalue weighted by molar-refractivity contribution is 5.40. The molecule has 0 unspecified atom stereocenters.